The lowest BCUT2D eigenvalue weighted by Gasteiger charge is -2.20. The number of fused-ring (bicyclic) bond motifs is 2. The van der Waals surface area contributed by atoms with E-state index in [9.17, 15) is 13.2 Å². The highest BCUT2D eigenvalue weighted by atomic mass is 32.2. The molecular formula is C20H22N2O3S. The fraction of sp³-hybridized carbons (Fsp3) is 0.350. The second-order valence-electron chi connectivity index (χ2n) is 6.89. The number of nitrogens with zero attached hydrogens (tertiary/aromatic N) is 2. The summed E-state index contributed by atoms with van der Waals surface area (Å²) in [5.41, 5.74) is 4.02. The van der Waals surface area contributed by atoms with Crippen LogP contribution >= 0.6 is 0 Å². The third kappa shape index (κ3) is 2.88. The molecule has 1 amide bonds. The number of rotatable bonds is 2. The fourth-order valence-corrected chi connectivity index (χ4v) is 5.42. The third-order valence-electron chi connectivity index (χ3n) is 5.36. The van der Waals surface area contributed by atoms with Crippen LogP contribution in [0.5, 0.6) is 0 Å². The van der Waals surface area contributed by atoms with Crippen LogP contribution in [0.4, 0.5) is 5.69 Å². The van der Waals surface area contributed by atoms with Crippen molar-refractivity contribution >= 4 is 21.6 Å². The van der Waals surface area contributed by atoms with Crippen LogP contribution in [0.2, 0.25) is 0 Å². The van der Waals surface area contributed by atoms with Crippen molar-refractivity contribution in [1.82, 2.24) is 4.90 Å². The second kappa shape index (κ2) is 6.43. The normalized spacial score (nSPS) is 16.8. The minimum absolute atomic E-state index is 0.0688. The molecule has 4 rings (SSSR count). The number of hydrogen-bond donors (Lipinski definition) is 0. The maximum atomic E-state index is 13.2. The first kappa shape index (κ1) is 17.1. The molecule has 26 heavy (non-hydrogen) atoms. The predicted molar refractivity (Wildman–Crippen MR) is 101 cm³/mol. The van der Waals surface area contributed by atoms with Gasteiger partial charge in [-0.2, -0.15) is 0 Å². The highest BCUT2D eigenvalue weighted by Crippen LogP contribution is 2.33. The molecule has 0 radical (unpaired) electrons. The van der Waals surface area contributed by atoms with Crippen LogP contribution in [0.3, 0.4) is 0 Å². The molecule has 0 saturated heterocycles. The van der Waals surface area contributed by atoms with Gasteiger partial charge in [0.05, 0.1) is 10.6 Å². The van der Waals surface area contributed by atoms with Crippen LogP contribution < -0.4 is 4.31 Å². The van der Waals surface area contributed by atoms with E-state index in [0.29, 0.717) is 31.0 Å². The van der Waals surface area contributed by atoms with Crippen molar-refractivity contribution in [3.63, 3.8) is 0 Å². The Labute approximate surface area is 154 Å². The zero-order valence-corrected chi connectivity index (χ0v) is 15.6. The number of sulfonamides is 1. The molecule has 0 bridgehead atoms. The van der Waals surface area contributed by atoms with E-state index >= 15 is 0 Å². The van der Waals surface area contributed by atoms with Crippen LogP contribution in [-0.4, -0.2) is 38.9 Å². The molecule has 0 aliphatic carbocycles. The standard InChI is InChI=1S/C20H22N2O3S/c1-15(23)21-11-8-16-6-7-19(14-18(16)9-12-21)26(24,25)22-13-10-17-4-2-3-5-20(17)22/h2-7,14H,8-13H2,1H3. The Bertz CT molecular complexity index is 969. The van der Waals surface area contributed by atoms with Gasteiger partial charge in [0.2, 0.25) is 5.91 Å². The summed E-state index contributed by atoms with van der Waals surface area (Å²) in [6.07, 6.45) is 2.20. The van der Waals surface area contributed by atoms with Gasteiger partial charge in [0.1, 0.15) is 0 Å². The summed E-state index contributed by atoms with van der Waals surface area (Å²) in [6, 6.07) is 13.1. The zero-order valence-electron chi connectivity index (χ0n) is 14.8. The lowest BCUT2D eigenvalue weighted by molar-refractivity contribution is -0.128. The first-order chi connectivity index (χ1) is 12.5. The Morgan fingerprint density at radius 2 is 1.58 bits per heavy atom. The van der Waals surface area contributed by atoms with E-state index in [2.05, 4.69) is 0 Å². The molecule has 2 aliphatic rings. The Morgan fingerprint density at radius 3 is 2.35 bits per heavy atom. The SMILES string of the molecule is CC(=O)N1CCc2ccc(S(=O)(=O)N3CCc4ccccc43)cc2CC1. The van der Waals surface area contributed by atoms with Crippen molar-refractivity contribution < 1.29 is 13.2 Å². The van der Waals surface area contributed by atoms with Gasteiger partial charge in [-0.15, -0.1) is 0 Å². The molecule has 2 heterocycles. The highest BCUT2D eigenvalue weighted by Gasteiger charge is 2.31. The van der Waals surface area contributed by atoms with Gasteiger partial charge in [0.25, 0.3) is 10.0 Å². The summed E-state index contributed by atoms with van der Waals surface area (Å²) in [5, 5.41) is 0. The monoisotopic (exact) mass is 370 g/mol. The molecule has 136 valence electrons. The van der Waals surface area contributed by atoms with E-state index < -0.39 is 10.0 Å². The molecular weight excluding hydrogens is 348 g/mol. The van der Waals surface area contributed by atoms with Crippen LogP contribution in [0, 0.1) is 0 Å². The number of benzene rings is 2. The summed E-state index contributed by atoms with van der Waals surface area (Å²) < 4.78 is 27.9. The van der Waals surface area contributed by atoms with Gasteiger partial charge >= 0.3 is 0 Å². The van der Waals surface area contributed by atoms with E-state index in [-0.39, 0.29) is 5.91 Å². The molecule has 0 aromatic heterocycles. The second-order valence-corrected chi connectivity index (χ2v) is 8.75. The summed E-state index contributed by atoms with van der Waals surface area (Å²) in [4.78, 5) is 13.8. The molecule has 5 nitrogen and oxygen atoms in total. The number of hydrogen-bond acceptors (Lipinski definition) is 3. The van der Waals surface area contributed by atoms with E-state index in [1.807, 2.05) is 35.2 Å². The van der Waals surface area contributed by atoms with Crippen molar-refractivity contribution in [2.75, 3.05) is 23.9 Å². The molecule has 0 fully saturated rings. The summed E-state index contributed by atoms with van der Waals surface area (Å²) in [6.45, 7) is 3.39. The summed E-state index contributed by atoms with van der Waals surface area (Å²) in [7, 11) is -3.57. The minimum atomic E-state index is -3.57. The zero-order chi connectivity index (χ0) is 18.3. The smallest absolute Gasteiger partial charge is 0.264 e. The van der Waals surface area contributed by atoms with Crippen LogP contribution in [0.15, 0.2) is 47.4 Å². The van der Waals surface area contributed by atoms with Gasteiger partial charge in [-0.3, -0.25) is 9.10 Å². The van der Waals surface area contributed by atoms with Crippen molar-refractivity contribution in [3.05, 3.63) is 59.2 Å². The number of anilines is 1. The molecule has 0 saturated carbocycles. The average Bonchev–Trinajstić information content (AvgIpc) is 2.95. The predicted octanol–water partition coefficient (Wildman–Crippen LogP) is 2.39. The Morgan fingerprint density at radius 1 is 0.885 bits per heavy atom. The van der Waals surface area contributed by atoms with E-state index in [1.165, 1.54) is 4.31 Å². The summed E-state index contributed by atoms with van der Waals surface area (Å²) >= 11 is 0. The van der Waals surface area contributed by atoms with Crippen molar-refractivity contribution in [2.45, 2.75) is 31.1 Å². The van der Waals surface area contributed by atoms with Gasteiger partial charge in [-0.1, -0.05) is 24.3 Å². The van der Waals surface area contributed by atoms with Gasteiger partial charge < -0.3 is 4.90 Å². The maximum absolute atomic E-state index is 13.2. The Hall–Kier alpha value is -2.34. The summed E-state index contributed by atoms with van der Waals surface area (Å²) in [5.74, 6) is 0.0688. The van der Waals surface area contributed by atoms with E-state index in [1.54, 1.807) is 19.1 Å². The van der Waals surface area contributed by atoms with Crippen LogP contribution in [0.1, 0.15) is 23.6 Å². The largest absolute Gasteiger partial charge is 0.342 e. The molecule has 6 heteroatoms. The fourth-order valence-electron chi connectivity index (χ4n) is 3.86. The number of amides is 1. The quantitative estimate of drug-likeness (QED) is 0.816. The molecule has 0 unspecified atom stereocenters. The molecule has 2 aromatic rings. The van der Waals surface area contributed by atoms with Crippen LogP contribution in [-0.2, 0) is 34.1 Å². The molecule has 2 aromatic carbocycles. The first-order valence-corrected chi connectivity index (χ1v) is 10.4. The molecule has 0 spiro atoms. The topological polar surface area (TPSA) is 57.7 Å². The van der Waals surface area contributed by atoms with Crippen LogP contribution in [0.25, 0.3) is 0 Å². The lowest BCUT2D eigenvalue weighted by Crippen LogP contribution is -2.30. The number of para-hydroxylation sites is 1. The Balaban J connectivity index is 1.66. The molecule has 0 N–H and O–H groups in total. The van der Waals surface area contributed by atoms with Crippen molar-refractivity contribution in [2.24, 2.45) is 0 Å². The average molecular weight is 370 g/mol. The maximum Gasteiger partial charge on any atom is 0.264 e. The first-order valence-electron chi connectivity index (χ1n) is 8.95. The molecule has 0 atom stereocenters. The van der Waals surface area contributed by atoms with E-state index in [0.717, 1.165) is 35.2 Å². The molecule has 2 aliphatic heterocycles. The van der Waals surface area contributed by atoms with Crippen molar-refractivity contribution in [3.8, 4) is 0 Å². The third-order valence-corrected chi connectivity index (χ3v) is 7.17. The van der Waals surface area contributed by atoms with Gasteiger partial charge in [-0.25, -0.2) is 8.42 Å². The number of carbonyl (C=O) groups is 1. The minimum Gasteiger partial charge on any atom is -0.342 e. The van der Waals surface area contributed by atoms with E-state index in [4.69, 9.17) is 0 Å². The highest BCUT2D eigenvalue weighted by molar-refractivity contribution is 7.92. The van der Waals surface area contributed by atoms with Gasteiger partial charge in [0.15, 0.2) is 0 Å². The van der Waals surface area contributed by atoms with Gasteiger partial charge in [-0.05, 0) is 54.2 Å². The lowest BCUT2D eigenvalue weighted by atomic mass is 10.0. The van der Waals surface area contributed by atoms with Crippen molar-refractivity contribution in [1.29, 1.82) is 0 Å². The Kier molecular flexibility index (Phi) is 4.23. The van der Waals surface area contributed by atoms with Gasteiger partial charge in [0, 0.05) is 26.6 Å². The number of carbonyl (C=O) groups excluding carboxylic acids is 1.